The fraction of sp³-hybridized carbons (Fsp3) is 0.476. The molecule has 4 rings (SSSR count). The molecule has 2 aromatic rings. The fourth-order valence-electron chi connectivity index (χ4n) is 3.92. The maximum absolute atomic E-state index is 13.0. The number of benzene rings is 1. The van der Waals surface area contributed by atoms with E-state index in [1.165, 1.54) is 33.5 Å². The molecule has 1 aliphatic heterocycles. The van der Waals surface area contributed by atoms with E-state index in [1.54, 1.807) is 6.92 Å². The van der Waals surface area contributed by atoms with Crippen LogP contribution in [-0.2, 0) is 27.6 Å². The second kappa shape index (κ2) is 9.29. The number of nitrogens with one attached hydrogen (secondary N) is 1. The van der Waals surface area contributed by atoms with Gasteiger partial charge in [0.05, 0.1) is 17.2 Å². The SMILES string of the molecule is CCOC(=O)N1CCN(S(=O)(=O)c2ccc(C(=O)Nc3onc4c3CCCC4)cc2)CC1. The number of carbonyl (C=O) groups excluding carboxylic acids is 2. The summed E-state index contributed by atoms with van der Waals surface area (Å²) in [4.78, 5) is 26.0. The van der Waals surface area contributed by atoms with Gasteiger partial charge in [-0.2, -0.15) is 4.31 Å². The van der Waals surface area contributed by atoms with Crippen LogP contribution in [0.2, 0.25) is 0 Å². The van der Waals surface area contributed by atoms with Gasteiger partial charge in [-0.1, -0.05) is 5.16 Å². The first-order valence-electron chi connectivity index (χ1n) is 10.7. The van der Waals surface area contributed by atoms with Crippen LogP contribution in [0.3, 0.4) is 0 Å². The molecule has 2 aliphatic rings. The molecule has 172 valence electrons. The van der Waals surface area contributed by atoms with E-state index in [2.05, 4.69) is 10.5 Å². The topological polar surface area (TPSA) is 122 Å². The van der Waals surface area contributed by atoms with Gasteiger partial charge in [-0.05, 0) is 56.9 Å². The number of nitrogens with zero attached hydrogens (tertiary/aromatic N) is 3. The van der Waals surface area contributed by atoms with Crippen LogP contribution in [0.15, 0.2) is 33.7 Å². The summed E-state index contributed by atoms with van der Waals surface area (Å²) in [6.07, 6.45) is 3.30. The van der Waals surface area contributed by atoms with Gasteiger partial charge >= 0.3 is 6.09 Å². The molecule has 0 saturated carbocycles. The molecular weight excluding hydrogens is 436 g/mol. The number of hydrogen-bond acceptors (Lipinski definition) is 7. The number of aromatic nitrogens is 1. The lowest BCUT2D eigenvalue weighted by Gasteiger charge is -2.33. The number of carbonyl (C=O) groups is 2. The molecule has 2 heterocycles. The number of amides is 2. The summed E-state index contributed by atoms with van der Waals surface area (Å²) in [6.45, 7) is 2.89. The van der Waals surface area contributed by atoms with Crippen molar-refractivity contribution in [3.05, 3.63) is 41.1 Å². The Bertz CT molecular complexity index is 1090. The van der Waals surface area contributed by atoms with Crippen LogP contribution < -0.4 is 5.32 Å². The molecule has 0 radical (unpaired) electrons. The number of fused-ring (bicyclic) bond motifs is 1. The average molecular weight is 463 g/mol. The van der Waals surface area contributed by atoms with Crippen LogP contribution in [-0.4, -0.2) is 67.6 Å². The molecule has 1 aliphatic carbocycles. The standard InChI is InChI=1S/C21H26N4O6S/c1-2-30-21(27)24-11-13-25(14-12-24)32(28,29)16-9-7-15(8-10-16)19(26)22-20-17-5-3-4-6-18(17)23-31-20/h7-10H,2-6,11-14H2,1H3,(H,22,26). The Morgan fingerprint density at radius 3 is 2.47 bits per heavy atom. The predicted molar refractivity (Wildman–Crippen MR) is 115 cm³/mol. The van der Waals surface area contributed by atoms with Crippen molar-refractivity contribution in [3.8, 4) is 0 Å². The highest BCUT2D eigenvalue weighted by atomic mass is 32.2. The summed E-state index contributed by atoms with van der Waals surface area (Å²) >= 11 is 0. The van der Waals surface area contributed by atoms with Crippen molar-refractivity contribution in [3.63, 3.8) is 0 Å². The Kier molecular flexibility index (Phi) is 6.47. The van der Waals surface area contributed by atoms with Crippen LogP contribution in [0.25, 0.3) is 0 Å². The number of aryl methyl sites for hydroxylation is 1. The third-order valence-electron chi connectivity index (χ3n) is 5.71. The monoisotopic (exact) mass is 462 g/mol. The summed E-state index contributed by atoms with van der Waals surface area (Å²) in [6, 6.07) is 5.77. The largest absolute Gasteiger partial charge is 0.450 e. The lowest BCUT2D eigenvalue weighted by Crippen LogP contribution is -2.50. The van der Waals surface area contributed by atoms with Crippen molar-refractivity contribution in [2.45, 2.75) is 37.5 Å². The third-order valence-corrected chi connectivity index (χ3v) is 7.62. The van der Waals surface area contributed by atoms with Crippen LogP contribution in [0.4, 0.5) is 10.7 Å². The van der Waals surface area contributed by atoms with E-state index in [0.29, 0.717) is 11.4 Å². The zero-order valence-corrected chi connectivity index (χ0v) is 18.7. The lowest BCUT2D eigenvalue weighted by atomic mass is 9.97. The summed E-state index contributed by atoms with van der Waals surface area (Å²) in [5.41, 5.74) is 2.14. The Morgan fingerprint density at radius 1 is 1.09 bits per heavy atom. The molecule has 1 aromatic heterocycles. The molecule has 2 amide bonds. The highest BCUT2D eigenvalue weighted by Crippen LogP contribution is 2.28. The van der Waals surface area contributed by atoms with Crippen molar-refractivity contribution >= 4 is 27.9 Å². The molecule has 10 nitrogen and oxygen atoms in total. The summed E-state index contributed by atoms with van der Waals surface area (Å²) in [5, 5.41) is 6.76. The lowest BCUT2D eigenvalue weighted by molar-refractivity contribution is 0.0933. The summed E-state index contributed by atoms with van der Waals surface area (Å²) in [5.74, 6) is -0.0256. The van der Waals surface area contributed by atoms with E-state index in [9.17, 15) is 18.0 Å². The van der Waals surface area contributed by atoms with Crippen molar-refractivity contribution in [2.24, 2.45) is 0 Å². The molecular formula is C21H26N4O6S. The van der Waals surface area contributed by atoms with E-state index in [1.807, 2.05) is 0 Å². The van der Waals surface area contributed by atoms with Gasteiger partial charge in [0, 0.05) is 37.3 Å². The molecule has 0 spiro atoms. The highest BCUT2D eigenvalue weighted by Gasteiger charge is 2.30. The predicted octanol–water partition coefficient (Wildman–Crippen LogP) is 2.27. The van der Waals surface area contributed by atoms with Crippen molar-refractivity contribution < 1.29 is 27.3 Å². The number of ether oxygens (including phenoxy) is 1. The van der Waals surface area contributed by atoms with Gasteiger partial charge in [0.25, 0.3) is 5.91 Å². The molecule has 0 atom stereocenters. The van der Waals surface area contributed by atoms with E-state index in [-0.39, 0.29) is 43.6 Å². The van der Waals surface area contributed by atoms with E-state index < -0.39 is 16.1 Å². The first-order chi connectivity index (χ1) is 15.4. The normalized spacial score (nSPS) is 17.0. The Labute approximate surface area is 186 Å². The van der Waals surface area contributed by atoms with Crippen LogP contribution in [0.1, 0.15) is 41.4 Å². The van der Waals surface area contributed by atoms with E-state index in [4.69, 9.17) is 9.26 Å². The molecule has 1 aromatic carbocycles. The van der Waals surface area contributed by atoms with E-state index >= 15 is 0 Å². The average Bonchev–Trinajstić information content (AvgIpc) is 3.22. The van der Waals surface area contributed by atoms with Gasteiger partial charge in [0.15, 0.2) is 0 Å². The van der Waals surface area contributed by atoms with Crippen LogP contribution >= 0.6 is 0 Å². The molecule has 1 saturated heterocycles. The Morgan fingerprint density at radius 2 is 1.78 bits per heavy atom. The summed E-state index contributed by atoms with van der Waals surface area (Å²) in [7, 11) is -3.73. The number of sulfonamides is 1. The van der Waals surface area contributed by atoms with Gasteiger partial charge in [-0.3, -0.25) is 10.1 Å². The van der Waals surface area contributed by atoms with Gasteiger partial charge in [-0.15, -0.1) is 0 Å². The smallest absolute Gasteiger partial charge is 0.409 e. The molecule has 1 fully saturated rings. The minimum atomic E-state index is -3.73. The minimum Gasteiger partial charge on any atom is -0.450 e. The number of anilines is 1. The number of piperazine rings is 1. The third kappa shape index (κ3) is 4.49. The molecule has 0 unspecified atom stereocenters. The maximum atomic E-state index is 13.0. The quantitative estimate of drug-likeness (QED) is 0.723. The zero-order valence-electron chi connectivity index (χ0n) is 17.9. The molecule has 1 N–H and O–H groups in total. The molecule has 0 bridgehead atoms. The van der Waals surface area contributed by atoms with Crippen molar-refractivity contribution in [1.29, 1.82) is 0 Å². The molecule has 11 heteroatoms. The highest BCUT2D eigenvalue weighted by molar-refractivity contribution is 7.89. The van der Waals surface area contributed by atoms with E-state index in [0.717, 1.165) is 36.9 Å². The van der Waals surface area contributed by atoms with Gasteiger partial charge in [0.2, 0.25) is 15.9 Å². The maximum Gasteiger partial charge on any atom is 0.409 e. The van der Waals surface area contributed by atoms with Crippen LogP contribution in [0, 0.1) is 0 Å². The fourth-order valence-corrected chi connectivity index (χ4v) is 5.34. The van der Waals surface area contributed by atoms with Crippen molar-refractivity contribution in [2.75, 3.05) is 38.1 Å². The number of hydrogen-bond donors (Lipinski definition) is 1. The first kappa shape index (κ1) is 22.3. The second-order valence-corrected chi connectivity index (χ2v) is 9.65. The van der Waals surface area contributed by atoms with Crippen molar-refractivity contribution in [1.82, 2.24) is 14.4 Å². The Balaban J connectivity index is 1.40. The van der Waals surface area contributed by atoms with Gasteiger partial charge < -0.3 is 14.2 Å². The second-order valence-electron chi connectivity index (χ2n) is 7.71. The minimum absolute atomic E-state index is 0.0932. The van der Waals surface area contributed by atoms with Gasteiger partial charge in [-0.25, -0.2) is 13.2 Å². The number of rotatable bonds is 5. The Hall–Kier alpha value is -2.92. The molecule has 32 heavy (non-hydrogen) atoms. The van der Waals surface area contributed by atoms with Gasteiger partial charge in [0.1, 0.15) is 0 Å². The first-order valence-corrected chi connectivity index (χ1v) is 12.1. The van der Waals surface area contributed by atoms with Crippen LogP contribution in [0.5, 0.6) is 0 Å². The summed E-state index contributed by atoms with van der Waals surface area (Å²) < 4.78 is 37.5. The zero-order chi connectivity index (χ0) is 22.7.